The second-order valence-electron chi connectivity index (χ2n) is 11.0. The molecule has 0 aromatic heterocycles. The smallest absolute Gasteiger partial charge is 0.195 e. The highest BCUT2D eigenvalue weighted by molar-refractivity contribution is 5.89. The van der Waals surface area contributed by atoms with E-state index in [1.807, 2.05) is 60.7 Å². The Kier molecular flexibility index (Phi) is 7.93. The normalized spacial score (nSPS) is 29.5. The van der Waals surface area contributed by atoms with Gasteiger partial charge in [-0.2, -0.15) is 0 Å². The van der Waals surface area contributed by atoms with Gasteiger partial charge in [0.05, 0.1) is 26.4 Å². The van der Waals surface area contributed by atoms with E-state index in [-0.39, 0.29) is 19.0 Å². The van der Waals surface area contributed by atoms with E-state index in [1.54, 1.807) is 0 Å². The summed E-state index contributed by atoms with van der Waals surface area (Å²) in [6.45, 7) is 1.47. The minimum atomic E-state index is -0.759. The van der Waals surface area contributed by atoms with Crippen LogP contribution in [0.1, 0.15) is 62.5 Å². The largest absolute Gasteiger partial charge is 0.374 e. The molecule has 0 amide bonds. The van der Waals surface area contributed by atoms with E-state index in [0.717, 1.165) is 62.5 Å². The molecular formula is C31H38O7. The first-order valence-electron chi connectivity index (χ1n) is 14.1. The van der Waals surface area contributed by atoms with Gasteiger partial charge in [0.1, 0.15) is 12.2 Å². The molecule has 0 radical (unpaired) electrons. The van der Waals surface area contributed by atoms with Crippen molar-refractivity contribution in [1.82, 2.24) is 0 Å². The van der Waals surface area contributed by atoms with Crippen molar-refractivity contribution in [1.29, 1.82) is 0 Å². The molecule has 7 heteroatoms. The van der Waals surface area contributed by atoms with Crippen LogP contribution in [0, 0.1) is 0 Å². The van der Waals surface area contributed by atoms with Gasteiger partial charge in [-0.3, -0.25) is 4.79 Å². The molecule has 2 aromatic rings. The highest BCUT2D eigenvalue weighted by atomic mass is 16.8. The molecule has 2 saturated carbocycles. The number of hydrogen-bond donors (Lipinski definition) is 0. The van der Waals surface area contributed by atoms with Crippen molar-refractivity contribution in [3.63, 3.8) is 0 Å². The van der Waals surface area contributed by atoms with Gasteiger partial charge in [0.25, 0.3) is 0 Å². The molecule has 4 fully saturated rings. The quantitative estimate of drug-likeness (QED) is 0.430. The summed E-state index contributed by atoms with van der Waals surface area (Å²) in [5, 5.41) is 0. The molecule has 2 aliphatic heterocycles. The monoisotopic (exact) mass is 522 g/mol. The minimum absolute atomic E-state index is 0.126. The Morgan fingerprint density at radius 1 is 0.632 bits per heavy atom. The Hall–Kier alpha value is -2.13. The van der Waals surface area contributed by atoms with Crippen LogP contribution in [-0.2, 0) is 46.4 Å². The fraction of sp³-hybridized carbons (Fsp3) is 0.581. The Morgan fingerprint density at radius 2 is 1.03 bits per heavy atom. The van der Waals surface area contributed by atoms with Crippen molar-refractivity contribution >= 4 is 5.78 Å². The molecule has 204 valence electrons. The topological polar surface area (TPSA) is 72.5 Å². The van der Waals surface area contributed by atoms with E-state index in [0.29, 0.717) is 13.2 Å². The first-order chi connectivity index (χ1) is 18.6. The number of Topliss-reactive ketones (excluding diaryl/α,β-unsaturated/α-hetero) is 1. The van der Waals surface area contributed by atoms with E-state index in [1.165, 1.54) is 0 Å². The predicted octanol–water partition coefficient (Wildman–Crippen LogP) is 5.10. The molecule has 0 unspecified atom stereocenters. The lowest BCUT2D eigenvalue weighted by Gasteiger charge is -2.23. The number of hydrogen-bond acceptors (Lipinski definition) is 7. The number of rotatable bonds is 10. The zero-order chi connectivity index (χ0) is 25.8. The molecule has 38 heavy (non-hydrogen) atoms. The van der Waals surface area contributed by atoms with Crippen LogP contribution in [0.5, 0.6) is 0 Å². The fourth-order valence-corrected chi connectivity index (χ4v) is 6.27. The van der Waals surface area contributed by atoms with Gasteiger partial charge in [0.15, 0.2) is 29.6 Å². The molecule has 2 spiro atoms. The van der Waals surface area contributed by atoms with Gasteiger partial charge >= 0.3 is 0 Å². The van der Waals surface area contributed by atoms with E-state index in [4.69, 9.17) is 28.4 Å². The average Bonchev–Trinajstić information content (AvgIpc) is 3.74. The van der Waals surface area contributed by atoms with E-state index in [2.05, 4.69) is 0 Å². The predicted molar refractivity (Wildman–Crippen MR) is 139 cm³/mol. The summed E-state index contributed by atoms with van der Waals surface area (Å²) in [6, 6.07) is 20.0. The molecule has 0 bridgehead atoms. The Bertz CT molecular complexity index is 963. The van der Waals surface area contributed by atoms with Crippen LogP contribution in [0.3, 0.4) is 0 Å². The highest BCUT2D eigenvalue weighted by Gasteiger charge is 2.58. The van der Waals surface area contributed by atoms with Crippen LogP contribution in [-0.4, -0.2) is 55.0 Å². The molecule has 6 rings (SSSR count). The van der Waals surface area contributed by atoms with Gasteiger partial charge in [-0.05, 0) is 36.8 Å². The Labute approximate surface area is 224 Å². The maximum Gasteiger partial charge on any atom is 0.195 e. The van der Waals surface area contributed by atoms with E-state index >= 15 is 0 Å². The lowest BCUT2D eigenvalue weighted by molar-refractivity contribution is -0.184. The van der Waals surface area contributed by atoms with Gasteiger partial charge in [0.2, 0.25) is 0 Å². The van der Waals surface area contributed by atoms with Crippen LogP contribution in [0.25, 0.3) is 0 Å². The SMILES string of the molecule is O=C([C@H]1OC2(CCCC2)O[C@@H]1COCc1ccccc1)[C@H]1OC2(CCCC2)O[C@@H]1COCc1ccccc1. The number of carbonyl (C=O) groups excluding carboxylic acids is 1. The van der Waals surface area contributed by atoms with Gasteiger partial charge in [-0.15, -0.1) is 0 Å². The lowest BCUT2D eigenvalue weighted by Crippen LogP contribution is -2.46. The Morgan fingerprint density at radius 3 is 1.42 bits per heavy atom. The van der Waals surface area contributed by atoms with Gasteiger partial charge in [-0.1, -0.05) is 60.7 Å². The summed E-state index contributed by atoms with van der Waals surface area (Å²) >= 11 is 0. The molecule has 4 atom stereocenters. The first kappa shape index (κ1) is 26.1. The maximum absolute atomic E-state index is 14.1. The molecule has 2 aliphatic carbocycles. The third-order valence-electron chi connectivity index (χ3n) is 8.17. The standard InChI is InChI=1S/C31H38O7/c32-27(28-25(35-30(37-28)15-7-8-16-30)21-33-19-23-11-3-1-4-12-23)29-26(36-31(38-29)17-9-10-18-31)22-34-20-24-13-5-2-6-14-24/h1-6,11-14,25-26,28-29H,7-10,15-22H2/t25-,26-,28+,29+/m1/s1. The van der Waals surface area contributed by atoms with Crippen molar-refractivity contribution < 1.29 is 33.2 Å². The maximum atomic E-state index is 14.1. The third kappa shape index (κ3) is 5.74. The second-order valence-corrected chi connectivity index (χ2v) is 11.0. The van der Waals surface area contributed by atoms with Crippen molar-refractivity contribution in [2.45, 2.75) is 101 Å². The lowest BCUT2D eigenvalue weighted by atomic mass is 10.0. The third-order valence-corrected chi connectivity index (χ3v) is 8.17. The highest BCUT2D eigenvalue weighted by Crippen LogP contribution is 2.46. The number of ketones is 1. The molecule has 0 N–H and O–H groups in total. The van der Waals surface area contributed by atoms with Crippen LogP contribution >= 0.6 is 0 Å². The number of ether oxygens (including phenoxy) is 6. The summed E-state index contributed by atoms with van der Waals surface area (Å²) < 4.78 is 37.8. The van der Waals surface area contributed by atoms with Gasteiger partial charge in [0, 0.05) is 25.7 Å². The summed E-state index contributed by atoms with van der Waals surface area (Å²) in [5.41, 5.74) is 2.16. The first-order valence-corrected chi connectivity index (χ1v) is 14.1. The van der Waals surface area contributed by atoms with Crippen molar-refractivity contribution in [3.8, 4) is 0 Å². The van der Waals surface area contributed by atoms with E-state index in [9.17, 15) is 4.79 Å². The van der Waals surface area contributed by atoms with E-state index < -0.39 is 36.0 Å². The van der Waals surface area contributed by atoms with Crippen molar-refractivity contribution in [2.24, 2.45) is 0 Å². The van der Waals surface area contributed by atoms with Crippen LogP contribution in [0.4, 0.5) is 0 Å². The van der Waals surface area contributed by atoms with Gasteiger partial charge < -0.3 is 28.4 Å². The van der Waals surface area contributed by atoms with Crippen LogP contribution < -0.4 is 0 Å². The average molecular weight is 523 g/mol. The molecule has 7 nitrogen and oxygen atoms in total. The molecule has 2 saturated heterocycles. The summed E-state index contributed by atoms with van der Waals surface area (Å²) in [5.74, 6) is -1.53. The number of benzene rings is 2. The van der Waals surface area contributed by atoms with Crippen LogP contribution in [0.15, 0.2) is 60.7 Å². The van der Waals surface area contributed by atoms with Crippen molar-refractivity contribution in [3.05, 3.63) is 71.8 Å². The summed E-state index contributed by atoms with van der Waals surface area (Å²) in [7, 11) is 0. The van der Waals surface area contributed by atoms with Crippen LogP contribution in [0.2, 0.25) is 0 Å². The van der Waals surface area contributed by atoms with Gasteiger partial charge in [-0.25, -0.2) is 0 Å². The fourth-order valence-electron chi connectivity index (χ4n) is 6.27. The molecule has 4 aliphatic rings. The zero-order valence-corrected chi connectivity index (χ0v) is 21.9. The minimum Gasteiger partial charge on any atom is -0.374 e. The second kappa shape index (κ2) is 11.5. The molecular weight excluding hydrogens is 484 g/mol. The summed E-state index contributed by atoms with van der Waals surface area (Å²) in [6.07, 6.45) is 4.79. The Balaban J connectivity index is 1.15. The molecule has 2 aromatic carbocycles. The zero-order valence-electron chi connectivity index (χ0n) is 21.9. The molecule has 2 heterocycles. The van der Waals surface area contributed by atoms with Crippen molar-refractivity contribution in [2.75, 3.05) is 13.2 Å². The summed E-state index contributed by atoms with van der Waals surface area (Å²) in [4.78, 5) is 14.1. The number of carbonyl (C=O) groups is 1.